The first-order valence-corrected chi connectivity index (χ1v) is 6.52. The molecule has 20 heavy (non-hydrogen) atoms. The first-order valence-electron chi connectivity index (χ1n) is 6.52. The van der Waals surface area contributed by atoms with Crippen LogP contribution in [0, 0.1) is 0 Å². The molecule has 1 aliphatic rings. The predicted octanol–water partition coefficient (Wildman–Crippen LogP) is 4.19. The second-order valence-electron chi connectivity index (χ2n) is 4.70. The van der Waals surface area contributed by atoms with Crippen LogP contribution < -0.4 is 0 Å². The summed E-state index contributed by atoms with van der Waals surface area (Å²) in [6, 6.07) is 22.2. The van der Waals surface area contributed by atoms with E-state index in [9.17, 15) is 0 Å². The molecule has 2 aromatic carbocycles. The van der Waals surface area contributed by atoms with E-state index in [1.54, 1.807) is 0 Å². The van der Waals surface area contributed by atoms with Crippen molar-refractivity contribution >= 4 is 5.82 Å². The van der Waals surface area contributed by atoms with E-state index in [4.69, 9.17) is 0 Å². The quantitative estimate of drug-likeness (QED) is 0.681. The van der Waals surface area contributed by atoms with E-state index in [2.05, 4.69) is 15.3 Å². The number of azo groups is 1. The maximum absolute atomic E-state index is 4.65. The summed E-state index contributed by atoms with van der Waals surface area (Å²) < 4.78 is 1.87. The van der Waals surface area contributed by atoms with Gasteiger partial charge >= 0.3 is 0 Å². The second kappa shape index (κ2) is 4.42. The fourth-order valence-electron chi connectivity index (χ4n) is 2.39. The molecule has 0 aliphatic carbocycles. The number of hydrogen-bond donors (Lipinski definition) is 0. The number of fused-ring (bicyclic) bond motifs is 1. The third kappa shape index (κ3) is 1.73. The van der Waals surface area contributed by atoms with Crippen LogP contribution in [0.2, 0.25) is 0 Å². The molecule has 4 rings (SSSR count). The van der Waals surface area contributed by atoms with Gasteiger partial charge in [-0.1, -0.05) is 60.7 Å². The molecular formula is C16H12N4. The Labute approximate surface area is 116 Å². The van der Waals surface area contributed by atoms with Gasteiger partial charge in [0.05, 0.1) is 5.69 Å². The third-order valence-corrected chi connectivity index (χ3v) is 3.38. The molecule has 0 spiro atoms. The molecule has 0 saturated carbocycles. The molecule has 0 saturated heterocycles. The highest BCUT2D eigenvalue weighted by Gasteiger charge is 2.23. The number of hydrogen-bond acceptors (Lipinski definition) is 3. The van der Waals surface area contributed by atoms with Crippen LogP contribution in [-0.4, -0.2) is 9.78 Å². The van der Waals surface area contributed by atoms with E-state index < -0.39 is 0 Å². The Morgan fingerprint density at radius 1 is 0.850 bits per heavy atom. The van der Waals surface area contributed by atoms with Crippen molar-refractivity contribution in [3.05, 3.63) is 72.3 Å². The fraction of sp³-hybridized carbons (Fsp3) is 0.0625. The minimum absolute atomic E-state index is 0.149. The summed E-state index contributed by atoms with van der Waals surface area (Å²) in [6.07, 6.45) is -0.149. The van der Waals surface area contributed by atoms with Crippen molar-refractivity contribution in [2.24, 2.45) is 10.2 Å². The van der Waals surface area contributed by atoms with Gasteiger partial charge in [-0.25, -0.2) is 4.68 Å². The van der Waals surface area contributed by atoms with Crippen molar-refractivity contribution in [1.29, 1.82) is 0 Å². The lowest BCUT2D eigenvalue weighted by molar-refractivity contribution is 0.574. The van der Waals surface area contributed by atoms with E-state index in [1.165, 1.54) is 0 Å². The maximum atomic E-state index is 4.65. The van der Waals surface area contributed by atoms with E-state index >= 15 is 0 Å². The standard InChI is InChI=1S/C16H12N4/c1-3-7-12(8-4-1)14-11-15-17-18-16(20(15)19-14)13-9-5-2-6-10-13/h1-11,16H. The van der Waals surface area contributed by atoms with E-state index in [-0.39, 0.29) is 6.17 Å². The van der Waals surface area contributed by atoms with Crippen LogP contribution in [0.25, 0.3) is 11.3 Å². The van der Waals surface area contributed by atoms with E-state index in [0.717, 1.165) is 22.6 Å². The van der Waals surface area contributed by atoms with Crippen molar-refractivity contribution in [3.63, 3.8) is 0 Å². The van der Waals surface area contributed by atoms with Crippen LogP contribution in [0.5, 0.6) is 0 Å². The first-order chi connectivity index (χ1) is 9.92. The van der Waals surface area contributed by atoms with Crippen LogP contribution in [0.4, 0.5) is 5.82 Å². The molecule has 3 aromatic rings. The lowest BCUT2D eigenvalue weighted by atomic mass is 10.2. The van der Waals surface area contributed by atoms with Gasteiger partial charge in [-0.2, -0.15) is 10.2 Å². The van der Waals surface area contributed by atoms with E-state index in [0.29, 0.717) is 0 Å². The van der Waals surface area contributed by atoms with Crippen LogP contribution in [0.3, 0.4) is 0 Å². The molecule has 1 aromatic heterocycles. The summed E-state index contributed by atoms with van der Waals surface area (Å²) in [5, 5.41) is 13.2. The zero-order valence-corrected chi connectivity index (χ0v) is 10.7. The lowest BCUT2D eigenvalue weighted by Crippen LogP contribution is -2.05. The predicted molar refractivity (Wildman–Crippen MR) is 76.8 cm³/mol. The SMILES string of the molecule is c1ccc(-c2cc3n(n2)C(c2ccccc2)N=N3)cc1. The monoisotopic (exact) mass is 260 g/mol. The Hall–Kier alpha value is -2.75. The van der Waals surface area contributed by atoms with Crippen LogP contribution in [0.15, 0.2) is 77.0 Å². The third-order valence-electron chi connectivity index (χ3n) is 3.38. The molecule has 0 N–H and O–H groups in total. The number of benzene rings is 2. The molecule has 0 bridgehead atoms. The molecule has 4 nitrogen and oxygen atoms in total. The molecule has 96 valence electrons. The van der Waals surface area contributed by atoms with Crippen LogP contribution >= 0.6 is 0 Å². The van der Waals surface area contributed by atoms with Gasteiger partial charge in [-0.05, 0) is 0 Å². The summed E-state index contributed by atoms with van der Waals surface area (Å²) in [5.41, 5.74) is 3.12. The van der Waals surface area contributed by atoms with Gasteiger partial charge in [0.2, 0.25) is 0 Å². The smallest absolute Gasteiger partial charge is 0.190 e. The molecule has 0 radical (unpaired) electrons. The Balaban J connectivity index is 1.76. The summed E-state index contributed by atoms with van der Waals surface area (Å²) in [4.78, 5) is 0. The molecule has 0 amide bonds. The zero-order chi connectivity index (χ0) is 13.4. The Morgan fingerprint density at radius 3 is 2.30 bits per heavy atom. The Kier molecular flexibility index (Phi) is 2.45. The molecule has 1 atom stereocenters. The zero-order valence-electron chi connectivity index (χ0n) is 10.7. The summed E-state index contributed by atoms with van der Waals surface area (Å²) in [5.74, 6) is 0.803. The molecule has 2 heterocycles. The first kappa shape index (κ1) is 11.1. The average Bonchev–Trinajstić information content (AvgIpc) is 3.09. The van der Waals surface area contributed by atoms with Gasteiger partial charge in [0.25, 0.3) is 0 Å². The molecular weight excluding hydrogens is 248 g/mol. The van der Waals surface area contributed by atoms with Crippen molar-refractivity contribution in [2.75, 3.05) is 0 Å². The Bertz CT molecular complexity index is 760. The summed E-state index contributed by atoms with van der Waals surface area (Å²) >= 11 is 0. The van der Waals surface area contributed by atoms with Gasteiger partial charge < -0.3 is 0 Å². The second-order valence-corrected chi connectivity index (χ2v) is 4.70. The van der Waals surface area contributed by atoms with Gasteiger partial charge in [0.1, 0.15) is 0 Å². The maximum Gasteiger partial charge on any atom is 0.190 e. The highest BCUT2D eigenvalue weighted by molar-refractivity contribution is 5.62. The van der Waals surface area contributed by atoms with Crippen LogP contribution in [-0.2, 0) is 0 Å². The summed E-state index contributed by atoms with van der Waals surface area (Å²) in [7, 11) is 0. The largest absolute Gasteiger partial charge is 0.214 e. The molecule has 0 fully saturated rings. The molecule has 4 heteroatoms. The number of rotatable bonds is 2. The highest BCUT2D eigenvalue weighted by Crippen LogP contribution is 2.35. The van der Waals surface area contributed by atoms with Crippen molar-refractivity contribution in [3.8, 4) is 11.3 Å². The number of nitrogens with zero attached hydrogens (tertiary/aromatic N) is 4. The minimum atomic E-state index is -0.149. The lowest BCUT2D eigenvalue weighted by Gasteiger charge is -2.08. The average molecular weight is 260 g/mol. The molecule has 1 unspecified atom stereocenters. The van der Waals surface area contributed by atoms with Crippen molar-refractivity contribution in [1.82, 2.24) is 9.78 Å². The van der Waals surface area contributed by atoms with Gasteiger partial charge in [0.15, 0.2) is 12.0 Å². The summed E-state index contributed by atoms with van der Waals surface area (Å²) in [6.45, 7) is 0. The fourth-order valence-corrected chi connectivity index (χ4v) is 2.39. The topological polar surface area (TPSA) is 42.5 Å². The Morgan fingerprint density at radius 2 is 1.55 bits per heavy atom. The minimum Gasteiger partial charge on any atom is -0.214 e. The normalized spacial score (nSPS) is 16.3. The molecule has 1 aliphatic heterocycles. The van der Waals surface area contributed by atoms with Gasteiger partial charge in [-0.15, -0.1) is 5.11 Å². The van der Waals surface area contributed by atoms with E-state index in [1.807, 2.05) is 71.4 Å². The van der Waals surface area contributed by atoms with Gasteiger partial charge in [0, 0.05) is 17.2 Å². The van der Waals surface area contributed by atoms with Gasteiger partial charge in [-0.3, -0.25) is 0 Å². The van der Waals surface area contributed by atoms with Crippen molar-refractivity contribution in [2.45, 2.75) is 6.17 Å². The van der Waals surface area contributed by atoms with Crippen molar-refractivity contribution < 1.29 is 0 Å². The number of aromatic nitrogens is 2. The highest BCUT2D eigenvalue weighted by atomic mass is 15.5. The van der Waals surface area contributed by atoms with Crippen LogP contribution in [0.1, 0.15) is 11.7 Å².